The molecule has 0 heterocycles. The van der Waals surface area contributed by atoms with Crippen molar-refractivity contribution in [3.05, 3.63) is 23.8 Å². The normalized spacial score (nSPS) is 50.7. The summed E-state index contributed by atoms with van der Waals surface area (Å²) in [4.78, 5) is 24.2. The van der Waals surface area contributed by atoms with Gasteiger partial charge in [-0.15, -0.1) is 0 Å². The van der Waals surface area contributed by atoms with Gasteiger partial charge in [-0.05, 0) is 50.7 Å². The van der Waals surface area contributed by atoms with E-state index in [1.165, 1.54) is 18.2 Å². The second-order valence-electron chi connectivity index (χ2n) is 9.36. The third kappa shape index (κ3) is 2.59. The summed E-state index contributed by atoms with van der Waals surface area (Å²) in [5, 5.41) is 42.1. The molecule has 0 spiro atoms. The molecule has 6 nitrogen and oxygen atoms in total. The van der Waals surface area contributed by atoms with Crippen molar-refractivity contribution in [2.45, 2.75) is 63.0 Å². The molecule has 4 aliphatic carbocycles. The van der Waals surface area contributed by atoms with Gasteiger partial charge in [-0.2, -0.15) is 0 Å². The summed E-state index contributed by atoms with van der Waals surface area (Å²) < 4.78 is 16.8. The van der Waals surface area contributed by atoms with Crippen LogP contribution in [0.4, 0.5) is 4.39 Å². The van der Waals surface area contributed by atoms with Gasteiger partial charge in [0.25, 0.3) is 0 Å². The third-order valence-corrected chi connectivity index (χ3v) is 8.43. The van der Waals surface area contributed by atoms with E-state index in [0.29, 0.717) is 18.4 Å². The summed E-state index contributed by atoms with van der Waals surface area (Å²) in [5.74, 6) is -2.38. The number of halogens is 1. The van der Waals surface area contributed by atoms with Crippen LogP contribution >= 0.6 is 0 Å². The monoisotopic (exact) mass is 418 g/mol. The summed E-state index contributed by atoms with van der Waals surface area (Å²) in [6.07, 6.45) is 1.93. The summed E-state index contributed by atoms with van der Waals surface area (Å²) in [7, 11) is 0. The minimum absolute atomic E-state index is 0. The van der Waals surface area contributed by atoms with E-state index in [4.69, 9.17) is 0 Å². The Bertz CT molecular complexity index is 813. The zero-order valence-electron chi connectivity index (χ0n) is 16.1. The number of hydrogen-bond donors (Lipinski definition) is 4. The van der Waals surface area contributed by atoms with Gasteiger partial charge in [0.05, 0.1) is 12.2 Å². The Balaban J connectivity index is 0.00000240. The quantitative estimate of drug-likeness (QED) is 0.469. The molecule has 4 N–H and O–H groups in total. The fraction of sp³-hybridized carbons (Fsp3) is 0.714. The van der Waals surface area contributed by atoms with Gasteiger partial charge in [0, 0.05) is 16.7 Å². The van der Waals surface area contributed by atoms with Crippen molar-refractivity contribution in [1.29, 1.82) is 0 Å². The van der Waals surface area contributed by atoms with Crippen molar-refractivity contribution in [2.24, 2.45) is 22.7 Å². The second kappa shape index (κ2) is 7.05. The Morgan fingerprint density at radius 1 is 1.24 bits per heavy atom. The number of carbonyl (C=O) groups is 2. The van der Waals surface area contributed by atoms with E-state index in [-0.39, 0.29) is 48.2 Å². The van der Waals surface area contributed by atoms with Crippen LogP contribution in [0.25, 0.3) is 0 Å². The number of rotatable bonds is 2. The van der Waals surface area contributed by atoms with E-state index in [2.05, 4.69) is 0 Å². The maximum absolute atomic E-state index is 16.8. The molecule has 0 aliphatic heterocycles. The molecule has 29 heavy (non-hydrogen) atoms. The molecule has 0 aromatic carbocycles. The summed E-state index contributed by atoms with van der Waals surface area (Å²) in [5.41, 5.74) is -6.12. The molecule has 0 radical (unpaired) electrons. The number of hydrogen-bond acceptors (Lipinski definition) is 6. The predicted octanol–water partition coefficient (Wildman–Crippen LogP) is -0.0280. The van der Waals surface area contributed by atoms with Crippen LogP contribution in [0, 0.1) is 22.7 Å². The minimum atomic E-state index is -2.23. The average molecular weight is 418 g/mol. The average Bonchev–Trinajstić information content (AvgIpc) is 2.84. The predicted molar refractivity (Wildman–Crippen MR) is 104 cm³/mol. The molecule has 4 rings (SSSR count). The van der Waals surface area contributed by atoms with Crippen molar-refractivity contribution in [2.75, 3.05) is 6.61 Å². The Hall–Kier alpha value is -0.410. The summed E-state index contributed by atoms with van der Waals surface area (Å²) in [6, 6.07) is 0. The molecule has 0 aromatic heterocycles. The third-order valence-electron chi connectivity index (χ3n) is 8.43. The summed E-state index contributed by atoms with van der Waals surface area (Å²) >= 11 is 0. The zero-order chi connectivity index (χ0) is 20.7. The van der Waals surface area contributed by atoms with Crippen LogP contribution in [-0.4, -0.2) is 91.6 Å². The number of Topliss-reactive ketones (excluding diaryl/α,β-unsaturated/α-hetero) is 1. The number of ketones is 2. The molecular formula is C21H28FNaO6. The van der Waals surface area contributed by atoms with Crippen LogP contribution < -0.4 is 0 Å². The molecule has 0 bridgehead atoms. The van der Waals surface area contributed by atoms with Crippen LogP contribution in [0.2, 0.25) is 0 Å². The Morgan fingerprint density at radius 2 is 1.90 bits per heavy atom. The van der Waals surface area contributed by atoms with Gasteiger partial charge < -0.3 is 20.4 Å². The fourth-order valence-electron chi connectivity index (χ4n) is 6.85. The van der Waals surface area contributed by atoms with Crippen LogP contribution in [0.3, 0.4) is 0 Å². The molecule has 4 aliphatic rings. The topological polar surface area (TPSA) is 115 Å². The second-order valence-corrected chi connectivity index (χ2v) is 9.36. The van der Waals surface area contributed by atoms with E-state index in [0.717, 1.165) is 0 Å². The van der Waals surface area contributed by atoms with Gasteiger partial charge in [-0.1, -0.05) is 18.6 Å². The van der Waals surface area contributed by atoms with Crippen molar-refractivity contribution >= 4 is 41.1 Å². The van der Waals surface area contributed by atoms with Gasteiger partial charge in [-0.3, -0.25) is 9.59 Å². The van der Waals surface area contributed by atoms with Crippen molar-refractivity contribution < 1.29 is 34.4 Å². The van der Waals surface area contributed by atoms with Crippen molar-refractivity contribution in [3.63, 3.8) is 0 Å². The molecule has 156 valence electrons. The first-order valence-corrected chi connectivity index (χ1v) is 9.82. The number of aliphatic hydroxyl groups excluding tert-OH is 3. The van der Waals surface area contributed by atoms with Gasteiger partial charge >= 0.3 is 29.6 Å². The van der Waals surface area contributed by atoms with E-state index < -0.39 is 58.5 Å². The van der Waals surface area contributed by atoms with Gasteiger partial charge in [0.15, 0.2) is 22.8 Å². The van der Waals surface area contributed by atoms with E-state index >= 15 is 4.39 Å². The molecule has 0 aromatic rings. The Morgan fingerprint density at radius 3 is 2.52 bits per heavy atom. The Kier molecular flexibility index (Phi) is 5.66. The van der Waals surface area contributed by atoms with Gasteiger partial charge in [0.1, 0.15) is 6.61 Å². The fourth-order valence-corrected chi connectivity index (χ4v) is 6.85. The number of fused-ring (bicyclic) bond motifs is 5. The molecule has 0 unspecified atom stereocenters. The molecule has 3 fully saturated rings. The van der Waals surface area contributed by atoms with E-state index in [9.17, 15) is 30.0 Å². The van der Waals surface area contributed by atoms with Crippen LogP contribution in [0.5, 0.6) is 0 Å². The van der Waals surface area contributed by atoms with Gasteiger partial charge in [0.2, 0.25) is 0 Å². The number of carbonyl (C=O) groups excluding carboxylic acids is 2. The first-order valence-electron chi connectivity index (χ1n) is 9.82. The first-order chi connectivity index (χ1) is 13.0. The number of aliphatic hydroxyl groups is 4. The van der Waals surface area contributed by atoms with Crippen LogP contribution in [0.1, 0.15) is 39.5 Å². The van der Waals surface area contributed by atoms with Crippen molar-refractivity contribution in [3.8, 4) is 0 Å². The summed E-state index contributed by atoms with van der Waals surface area (Å²) in [6.45, 7) is 2.33. The molecule has 0 saturated heterocycles. The first kappa shape index (κ1) is 23.3. The molecule has 0 amide bonds. The molecular weight excluding hydrogens is 390 g/mol. The standard InChI is InChI=1S/C21H27FO6.Na.H/c1-18-6-5-12(24)7-11(18)3-4-13-14-8-15(25)21(28,17(27)10-23)19(14,2)9-16(26)20(13,18)22;;/h5-7,13-16,23,25-26,28H,3-4,8-10H2,1-2H3;;/t13-,14-,15+,16-,18-,19-,20-,21-;;/m0../s1. The van der Waals surface area contributed by atoms with Crippen molar-refractivity contribution in [1.82, 2.24) is 0 Å². The maximum atomic E-state index is 16.8. The van der Waals surface area contributed by atoms with Crippen LogP contribution in [-0.2, 0) is 9.59 Å². The van der Waals surface area contributed by atoms with Crippen LogP contribution in [0.15, 0.2) is 23.8 Å². The van der Waals surface area contributed by atoms with E-state index in [1.54, 1.807) is 13.8 Å². The number of alkyl halides is 1. The van der Waals surface area contributed by atoms with E-state index in [1.807, 2.05) is 0 Å². The SMILES string of the molecule is C[C@]12C=CC(=O)C=C1CC[C@H]1[C@@H]3C[C@@H](O)[C@](O)(C(=O)CO)[C@@]3(C)C[C@H](O)[C@@]12F.[NaH]. The zero-order valence-corrected chi connectivity index (χ0v) is 16.1. The molecule has 3 saturated carbocycles. The van der Waals surface area contributed by atoms with Gasteiger partial charge in [-0.25, -0.2) is 4.39 Å². The molecule has 8 atom stereocenters. The molecule has 8 heteroatoms. The Labute approximate surface area is 191 Å². The number of allylic oxidation sites excluding steroid dienone is 4.